The highest BCUT2D eigenvalue weighted by Gasteiger charge is 2.25. The van der Waals surface area contributed by atoms with E-state index >= 15 is 0 Å². The number of ether oxygens (including phenoxy) is 4. The lowest BCUT2D eigenvalue weighted by atomic mass is 10.2. The molecule has 220 valence electrons. The maximum atomic E-state index is 13.6. The quantitative estimate of drug-likeness (QED) is 0.157. The van der Waals surface area contributed by atoms with Gasteiger partial charge in [-0.05, 0) is 99.8 Å². The van der Waals surface area contributed by atoms with Gasteiger partial charge in [0.25, 0.3) is 0 Å². The van der Waals surface area contributed by atoms with Gasteiger partial charge in [0.05, 0.1) is 27.7 Å². The largest absolute Gasteiger partial charge is 0.488 e. The molecule has 0 spiro atoms. The Kier molecular flexibility index (Phi) is 15.8. The van der Waals surface area contributed by atoms with Crippen molar-refractivity contribution in [2.75, 3.05) is 37.1 Å². The standard InChI is InChI=1S/C26H32Br6O6S/c1-15(2)11-35-17(9-27)13-37-25-21(29)5-19(6-22(25)30)39(33,34)20-7-23(31)26(24(32)8-20)38-14-18(10-28)36-12-16(3)4/h5-8,15-18H,9-14H2,1-4H3. The van der Waals surface area contributed by atoms with Crippen molar-refractivity contribution in [3.8, 4) is 11.5 Å². The average Bonchev–Trinajstić information content (AvgIpc) is 2.85. The van der Waals surface area contributed by atoms with Crippen LogP contribution < -0.4 is 9.47 Å². The molecule has 0 aliphatic heterocycles. The minimum atomic E-state index is -3.87. The van der Waals surface area contributed by atoms with Crippen LogP contribution in [-0.4, -0.2) is 57.7 Å². The Balaban J connectivity index is 2.22. The van der Waals surface area contributed by atoms with Gasteiger partial charge in [-0.15, -0.1) is 0 Å². The van der Waals surface area contributed by atoms with Gasteiger partial charge in [0, 0.05) is 23.9 Å². The molecule has 2 unspecified atom stereocenters. The van der Waals surface area contributed by atoms with Crippen LogP contribution in [0, 0.1) is 11.8 Å². The van der Waals surface area contributed by atoms with E-state index in [9.17, 15) is 8.42 Å². The van der Waals surface area contributed by atoms with E-state index in [1.165, 1.54) is 24.3 Å². The van der Waals surface area contributed by atoms with E-state index in [0.29, 0.717) is 78.3 Å². The summed E-state index contributed by atoms with van der Waals surface area (Å²) in [7, 11) is -3.87. The maximum Gasteiger partial charge on any atom is 0.206 e. The Morgan fingerprint density at radius 3 is 1.18 bits per heavy atom. The van der Waals surface area contributed by atoms with E-state index in [2.05, 4.69) is 123 Å². The highest BCUT2D eigenvalue weighted by molar-refractivity contribution is 9.11. The fraction of sp³-hybridized carbons (Fsp3) is 0.538. The molecule has 2 rings (SSSR count). The predicted octanol–water partition coefficient (Wildman–Crippen LogP) is 9.20. The van der Waals surface area contributed by atoms with Crippen molar-refractivity contribution >= 4 is 105 Å². The molecule has 0 N–H and O–H groups in total. The highest BCUT2D eigenvalue weighted by Crippen LogP contribution is 2.41. The third-order valence-corrected chi connectivity index (χ3v) is 10.6. The summed E-state index contributed by atoms with van der Waals surface area (Å²) >= 11 is 20.8. The summed E-state index contributed by atoms with van der Waals surface area (Å²) < 4.78 is 52.8. The molecule has 2 aromatic rings. The van der Waals surface area contributed by atoms with Gasteiger partial charge >= 0.3 is 0 Å². The van der Waals surface area contributed by atoms with E-state index in [0.717, 1.165) is 0 Å². The smallest absolute Gasteiger partial charge is 0.206 e. The van der Waals surface area contributed by atoms with Crippen LogP contribution in [0.2, 0.25) is 0 Å². The zero-order valence-corrected chi connectivity index (χ0v) is 32.3. The predicted molar refractivity (Wildman–Crippen MR) is 177 cm³/mol. The fourth-order valence-corrected chi connectivity index (χ4v) is 8.63. The van der Waals surface area contributed by atoms with Crippen LogP contribution in [0.4, 0.5) is 0 Å². The van der Waals surface area contributed by atoms with Crippen molar-refractivity contribution in [3.63, 3.8) is 0 Å². The molecule has 0 aliphatic rings. The minimum absolute atomic E-state index is 0.107. The Labute approximate surface area is 282 Å². The molecule has 2 aromatic carbocycles. The molecule has 0 aromatic heterocycles. The van der Waals surface area contributed by atoms with E-state index in [-0.39, 0.29) is 22.0 Å². The maximum absolute atomic E-state index is 13.6. The molecule has 0 heterocycles. The lowest BCUT2D eigenvalue weighted by Gasteiger charge is -2.20. The Bertz CT molecular complexity index is 1060. The van der Waals surface area contributed by atoms with Crippen molar-refractivity contribution < 1.29 is 27.4 Å². The third kappa shape index (κ3) is 11.1. The number of alkyl halides is 2. The van der Waals surface area contributed by atoms with Gasteiger partial charge in [-0.2, -0.15) is 0 Å². The normalized spacial score (nSPS) is 13.6. The second kappa shape index (κ2) is 17.2. The number of benzene rings is 2. The van der Waals surface area contributed by atoms with Gasteiger partial charge in [-0.25, -0.2) is 8.42 Å². The molecule has 6 nitrogen and oxygen atoms in total. The van der Waals surface area contributed by atoms with Gasteiger partial charge < -0.3 is 18.9 Å². The monoisotopic (exact) mass is 946 g/mol. The van der Waals surface area contributed by atoms with Crippen molar-refractivity contribution in [2.45, 2.75) is 49.7 Å². The first kappa shape index (κ1) is 36.0. The summed E-state index contributed by atoms with van der Waals surface area (Å²) in [5.74, 6) is 1.82. The van der Waals surface area contributed by atoms with Gasteiger partial charge in [-0.1, -0.05) is 59.6 Å². The molecule has 0 amide bonds. The first-order chi connectivity index (χ1) is 18.3. The molecule has 0 bridgehead atoms. The van der Waals surface area contributed by atoms with Crippen LogP contribution in [-0.2, 0) is 19.3 Å². The molecule has 0 saturated heterocycles. The lowest BCUT2D eigenvalue weighted by molar-refractivity contribution is 0.0214. The van der Waals surface area contributed by atoms with Crippen molar-refractivity contribution in [3.05, 3.63) is 42.2 Å². The highest BCUT2D eigenvalue weighted by atomic mass is 79.9. The second-order valence-electron chi connectivity index (χ2n) is 9.56. The van der Waals surface area contributed by atoms with Crippen LogP contribution in [0.25, 0.3) is 0 Å². The molecule has 2 atom stereocenters. The van der Waals surface area contributed by atoms with Gasteiger partial charge in [-0.3, -0.25) is 0 Å². The minimum Gasteiger partial charge on any atom is -0.488 e. The summed E-state index contributed by atoms with van der Waals surface area (Å²) in [5.41, 5.74) is 0. The molecular formula is C26H32Br6O6S. The summed E-state index contributed by atoms with van der Waals surface area (Å²) in [5, 5.41) is 1.24. The fourth-order valence-electron chi connectivity index (χ4n) is 3.08. The van der Waals surface area contributed by atoms with Crippen molar-refractivity contribution in [1.82, 2.24) is 0 Å². The molecular weight excluding hydrogens is 920 g/mol. The van der Waals surface area contributed by atoms with Gasteiger partial charge in [0.2, 0.25) is 9.84 Å². The van der Waals surface area contributed by atoms with Crippen molar-refractivity contribution in [2.24, 2.45) is 11.8 Å². The Morgan fingerprint density at radius 2 is 0.923 bits per heavy atom. The van der Waals surface area contributed by atoms with Gasteiger partial charge in [0.1, 0.15) is 36.9 Å². The zero-order chi connectivity index (χ0) is 29.3. The number of halogens is 6. The summed E-state index contributed by atoms with van der Waals surface area (Å²) in [4.78, 5) is 0.214. The first-order valence-corrected chi connectivity index (χ1v) is 19.0. The number of hydrogen-bond donors (Lipinski definition) is 0. The lowest BCUT2D eigenvalue weighted by Crippen LogP contribution is -2.25. The topological polar surface area (TPSA) is 71.1 Å². The Morgan fingerprint density at radius 1 is 0.615 bits per heavy atom. The number of sulfone groups is 1. The molecule has 39 heavy (non-hydrogen) atoms. The summed E-state index contributed by atoms with van der Waals surface area (Å²) in [6.45, 7) is 10.2. The summed E-state index contributed by atoms with van der Waals surface area (Å²) in [6.07, 6.45) is -0.284. The molecule has 0 radical (unpaired) electrons. The van der Waals surface area contributed by atoms with Crippen LogP contribution >= 0.6 is 95.6 Å². The van der Waals surface area contributed by atoms with E-state index in [4.69, 9.17) is 18.9 Å². The second-order valence-corrected chi connectivity index (χ2v) is 16.2. The van der Waals surface area contributed by atoms with E-state index in [1.807, 2.05) is 0 Å². The third-order valence-electron chi connectivity index (χ3n) is 5.07. The number of hydrogen-bond acceptors (Lipinski definition) is 6. The molecule has 0 aliphatic carbocycles. The zero-order valence-electron chi connectivity index (χ0n) is 22.0. The summed E-state index contributed by atoms with van der Waals surface area (Å²) in [6, 6.07) is 6.14. The van der Waals surface area contributed by atoms with E-state index < -0.39 is 9.84 Å². The SMILES string of the molecule is CC(C)COC(CBr)COc1c(Br)cc(S(=O)(=O)c2cc(Br)c(OCC(CBr)OCC(C)C)c(Br)c2)cc1Br. The first-order valence-electron chi connectivity index (χ1n) is 12.1. The molecule has 0 fully saturated rings. The van der Waals surface area contributed by atoms with Crippen LogP contribution in [0.5, 0.6) is 11.5 Å². The van der Waals surface area contributed by atoms with E-state index in [1.54, 1.807) is 0 Å². The average molecular weight is 952 g/mol. The van der Waals surface area contributed by atoms with Crippen LogP contribution in [0.3, 0.4) is 0 Å². The number of rotatable bonds is 16. The van der Waals surface area contributed by atoms with Crippen LogP contribution in [0.15, 0.2) is 51.9 Å². The molecule has 13 heteroatoms. The van der Waals surface area contributed by atoms with Gasteiger partial charge in [0.15, 0.2) is 0 Å². The Hall–Kier alpha value is 0.790. The van der Waals surface area contributed by atoms with Crippen molar-refractivity contribution in [1.29, 1.82) is 0 Å². The van der Waals surface area contributed by atoms with Crippen LogP contribution in [0.1, 0.15) is 27.7 Å². The molecule has 0 saturated carbocycles.